The van der Waals surface area contributed by atoms with Crippen molar-refractivity contribution in [3.63, 3.8) is 0 Å². The van der Waals surface area contributed by atoms with Crippen molar-refractivity contribution in [1.82, 2.24) is 0 Å². The standard InChI is InChI=1S/C44H85O10P/c1-3-5-7-9-11-13-15-17-19-20-22-24-26-28-30-32-34-36-44(48)54-42(40-53-55(49,50)52-38-41(46)37-45)39-51-43(47)35-33-31-29-27-25-23-21-18-16-14-12-10-8-6-4-2/h23,25,41-42,45-46H,3-22,24,26-40H2,1-2H3,(H,49,50)/b25-23+/t41-,42+/m0/s1. The summed E-state index contributed by atoms with van der Waals surface area (Å²) in [6.07, 6.45) is 38.9. The van der Waals surface area contributed by atoms with Crippen LogP contribution >= 0.6 is 7.82 Å². The maximum absolute atomic E-state index is 12.6. The van der Waals surface area contributed by atoms with Gasteiger partial charge in [0.25, 0.3) is 0 Å². The minimum Gasteiger partial charge on any atom is -0.462 e. The first kappa shape index (κ1) is 53.7. The summed E-state index contributed by atoms with van der Waals surface area (Å²) in [5, 5.41) is 18.3. The van der Waals surface area contributed by atoms with E-state index in [4.69, 9.17) is 23.6 Å². The largest absolute Gasteiger partial charge is 0.472 e. The van der Waals surface area contributed by atoms with Crippen molar-refractivity contribution in [3.05, 3.63) is 12.2 Å². The van der Waals surface area contributed by atoms with Gasteiger partial charge in [-0.25, -0.2) is 4.57 Å². The van der Waals surface area contributed by atoms with E-state index in [2.05, 4.69) is 26.0 Å². The van der Waals surface area contributed by atoms with Gasteiger partial charge in [0.1, 0.15) is 12.7 Å². The minimum absolute atomic E-state index is 0.187. The van der Waals surface area contributed by atoms with E-state index in [-0.39, 0.29) is 19.4 Å². The Balaban J connectivity index is 4.26. The van der Waals surface area contributed by atoms with Gasteiger partial charge in [0, 0.05) is 12.8 Å². The molecule has 0 radical (unpaired) electrons. The average Bonchev–Trinajstić information content (AvgIpc) is 3.17. The molecule has 55 heavy (non-hydrogen) atoms. The van der Waals surface area contributed by atoms with Crippen LogP contribution in [0.4, 0.5) is 0 Å². The first-order chi connectivity index (χ1) is 26.7. The fraction of sp³-hybridized carbons (Fsp3) is 0.909. The summed E-state index contributed by atoms with van der Waals surface area (Å²) < 4.78 is 32.7. The van der Waals surface area contributed by atoms with Crippen LogP contribution in [0.3, 0.4) is 0 Å². The van der Waals surface area contributed by atoms with Crippen LogP contribution in [0.5, 0.6) is 0 Å². The second-order valence-corrected chi connectivity index (χ2v) is 16.9. The van der Waals surface area contributed by atoms with E-state index >= 15 is 0 Å². The zero-order valence-electron chi connectivity index (χ0n) is 35.4. The molecular weight excluding hydrogens is 719 g/mol. The van der Waals surface area contributed by atoms with Crippen LogP contribution in [0.1, 0.15) is 219 Å². The summed E-state index contributed by atoms with van der Waals surface area (Å²) >= 11 is 0. The normalized spacial score (nSPS) is 13.9. The third kappa shape index (κ3) is 40.7. The molecular formula is C44H85O10P. The van der Waals surface area contributed by atoms with E-state index in [0.29, 0.717) is 12.8 Å². The fourth-order valence-electron chi connectivity index (χ4n) is 6.40. The number of aliphatic hydroxyl groups excluding tert-OH is 2. The molecule has 10 nitrogen and oxygen atoms in total. The molecule has 3 N–H and O–H groups in total. The number of phosphoric ester groups is 1. The predicted octanol–water partition coefficient (Wildman–Crippen LogP) is 12.0. The van der Waals surface area contributed by atoms with Crippen molar-refractivity contribution in [1.29, 1.82) is 0 Å². The van der Waals surface area contributed by atoms with E-state index < -0.39 is 51.8 Å². The van der Waals surface area contributed by atoms with Gasteiger partial charge in [-0.2, -0.15) is 0 Å². The molecule has 0 aliphatic rings. The molecule has 0 aliphatic heterocycles. The van der Waals surface area contributed by atoms with Gasteiger partial charge in [0.05, 0.1) is 19.8 Å². The molecule has 0 amide bonds. The Morgan fingerprint density at radius 3 is 1.33 bits per heavy atom. The molecule has 0 fully saturated rings. The lowest BCUT2D eigenvalue weighted by molar-refractivity contribution is -0.161. The monoisotopic (exact) mass is 805 g/mol. The molecule has 0 rings (SSSR count). The first-order valence-electron chi connectivity index (χ1n) is 22.6. The third-order valence-corrected chi connectivity index (χ3v) is 10.9. The second kappa shape index (κ2) is 40.9. The average molecular weight is 805 g/mol. The molecule has 0 spiro atoms. The Bertz CT molecular complexity index is 930. The predicted molar refractivity (Wildman–Crippen MR) is 224 cm³/mol. The molecule has 1 unspecified atom stereocenters. The summed E-state index contributed by atoms with van der Waals surface area (Å²) in [5.74, 6) is -0.931. The summed E-state index contributed by atoms with van der Waals surface area (Å²) in [7, 11) is -4.61. The molecule has 0 bridgehead atoms. The molecule has 0 aromatic heterocycles. The van der Waals surface area contributed by atoms with Crippen molar-refractivity contribution in [2.24, 2.45) is 0 Å². The first-order valence-corrected chi connectivity index (χ1v) is 24.1. The van der Waals surface area contributed by atoms with Crippen LogP contribution in [0.25, 0.3) is 0 Å². The van der Waals surface area contributed by atoms with E-state index in [9.17, 15) is 24.2 Å². The summed E-state index contributed by atoms with van der Waals surface area (Å²) in [4.78, 5) is 35.0. The van der Waals surface area contributed by atoms with Crippen molar-refractivity contribution in [3.8, 4) is 0 Å². The number of ether oxygens (including phenoxy) is 2. The SMILES string of the molecule is CCCCCCCCCC/C=C/CCCCCC(=O)OC[C@H](COP(=O)(O)OC[C@@H](O)CO)OC(=O)CCCCCCCCCCCCCCCCCCC. The van der Waals surface area contributed by atoms with E-state index in [1.165, 1.54) is 135 Å². The molecule has 3 atom stereocenters. The minimum atomic E-state index is -4.61. The topological polar surface area (TPSA) is 149 Å². The Kier molecular flexibility index (Phi) is 39.9. The van der Waals surface area contributed by atoms with Gasteiger partial charge in [-0.05, 0) is 38.5 Å². The number of allylic oxidation sites excluding steroid dienone is 2. The van der Waals surface area contributed by atoms with Crippen LogP contribution in [-0.4, -0.2) is 65.7 Å². The molecule has 0 heterocycles. The zero-order chi connectivity index (χ0) is 40.5. The lowest BCUT2D eigenvalue weighted by Crippen LogP contribution is -2.29. The Labute approximate surface area is 336 Å². The second-order valence-electron chi connectivity index (χ2n) is 15.4. The van der Waals surface area contributed by atoms with E-state index in [1.54, 1.807) is 0 Å². The number of phosphoric acid groups is 1. The highest BCUT2D eigenvalue weighted by Gasteiger charge is 2.27. The lowest BCUT2D eigenvalue weighted by Gasteiger charge is -2.20. The molecule has 0 aromatic carbocycles. The molecule has 0 aromatic rings. The van der Waals surface area contributed by atoms with Crippen molar-refractivity contribution < 1.29 is 47.8 Å². The number of unbranched alkanes of at least 4 members (excludes halogenated alkanes) is 27. The number of rotatable bonds is 43. The highest BCUT2D eigenvalue weighted by molar-refractivity contribution is 7.47. The maximum atomic E-state index is 12.6. The smallest absolute Gasteiger partial charge is 0.462 e. The number of carbonyl (C=O) groups excluding carboxylic acids is 2. The van der Waals surface area contributed by atoms with Crippen LogP contribution in [0, 0.1) is 0 Å². The number of hydrogen-bond acceptors (Lipinski definition) is 9. The van der Waals surface area contributed by atoms with E-state index in [0.717, 1.165) is 44.9 Å². The van der Waals surface area contributed by atoms with Gasteiger partial charge in [-0.3, -0.25) is 18.6 Å². The Morgan fingerprint density at radius 1 is 0.527 bits per heavy atom. The molecule has 0 saturated carbocycles. The summed E-state index contributed by atoms with van der Waals surface area (Å²) in [6, 6.07) is 0. The van der Waals surface area contributed by atoms with Crippen molar-refractivity contribution in [2.45, 2.75) is 232 Å². The maximum Gasteiger partial charge on any atom is 0.472 e. The van der Waals surface area contributed by atoms with E-state index in [1.807, 2.05) is 0 Å². The van der Waals surface area contributed by atoms with Gasteiger partial charge >= 0.3 is 19.8 Å². The number of carbonyl (C=O) groups is 2. The molecule has 0 aliphatic carbocycles. The number of hydrogen-bond donors (Lipinski definition) is 3. The van der Waals surface area contributed by atoms with Crippen molar-refractivity contribution in [2.75, 3.05) is 26.4 Å². The summed E-state index contributed by atoms with van der Waals surface area (Å²) in [5.41, 5.74) is 0. The lowest BCUT2D eigenvalue weighted by atomic mass is 10.0. The zero-order valence-corrected chi connectivity index (χ0v) is 36.3. The molecule has 326 valence electrons. The van der Waals surface area contributed by atoms with Gasteiger partial charge in [0.15, 0.2) is 6.10 Å². The van der Waals surface area contributed by atoms with Crippen LogP contribution in [-0.2, 0) is 32.7 Å². The van der Waals surface area contributed by atoms with Crippen molar-refractivity contribution >= 4 is 19.8 Å². The fourth-order valence-corrected chi connectivity index (χ4v) is 7.19. The highest BCUT2D eigenvalue weighted by Crippen LogP contribution is 2.43. The highest BCUT2D eigenvalue weighted by atomic mass is 31.2. The van der Waals surface area contributed by atoms with Gasteiger partial charge in [-0.15, -0.1) is 0 Å². The number of esters is 2. The Morgan fingerprint density at radius 2 is 0.891 bits per heavy atom. The van der Waals surface area contributed by atoms with Crippen LogP contribution in [0.2, 0.25) is 0 Å². The van der Waals surface area contributed by atoms with Crippen LogP contribution < -0.4 is 0 Å². The van der Waals surface area contributed by atoms with Gasteiger partial charge < -0.3 is 24.6 Å². The van der Waals surface area contributed by atoms with Crippen LogP contribution in [0.15, 0.2) is 12.2 Å². The third-order valence-electron chi connectivity index (χ3n) is 9.92. The summed E-state index contributed by atoms with van der Waals surface area (Å²) in [6.45, 7) is 2.40. The Hall–Kier alpha value is -1.29. The van der Waals surface area contributed by atoms with Gasteiger partial charge in [-0.1, -0.05) is 180 Å². The van der Waals surface area contributed by atoms with Gasteiger partial charge in [0.2, 0.25) is 0 Å². The quantitative estimate of drug-likeness (QED) is 0.0235. The molecule has 0 saturated heterocycles. The molecule has 11 heteroatoms. The number of aliphatic hydroxyl groups is 2.